The van der Waals surface area contributed by atoms with E-state index < -0.39 is 5.60 Å². The van der Waals surface area contributed by atoms with E-state index in [9.17, 15) is 9.90 Å². The highest BCUT2D eigenvalue weighted by Crippen LogP contribution is 2.38. The lowest BCUT2D eigenvalue weighted by atomic mass is 9.95. The Balaban J connectivity index is 1.37. The first-order valence-corrected chi connectivity index (χ1v) is 15.9. The van der Waals surface area contributed by atoms with E-state index in [1.807, 2.05) is 65.8 Å². The summed E-state index contributed by atoms with van der Waals surface area (Å²) in [6.45, 7) is 12.9. The van der Waals surface area contributed by atoms with Crippen LogP contribution in [0.25, 0.3) is 22.0 Å². The lowest BCUT2D eigenvalue weighted by Gasteiger charge is -2.34. The van der Waals surface area contributed by atoms with Crippen LogP contribution < -0.4 is 10.1 Å². The summed E-state index contributed by atoms with van der Waals surface area (Å²) in [6, 6.07) is 16.1. The van der Waals surface area contributed by atoms with Gasteiger partial charge in [-0.15, -0.1) is 0 Å². The molecule has 0 unspecified atom stereocenters. The molecule has 0 bridgehead atoms. The van der Waals surface area contributed by atoms with Crippen LogP contribution in [0.3, 0.4) is 0 Å². The molecule has 1 amide bonds. The third kappa shape index (κ3) is 8.08. The van der Waals surface area contributed by atoms with Crippen LogP contribution in [0.15, 0.2) is 60.9 Å². The number of nitrogens with zero attached hydrogens (tertiary/aromatic N) is 4. The quantitative estimate of drug-likeness (QED) is 0.200. The number of piperidine rings is 1. The van der Waals surface area contributed by atoms with Crippen LogP contribution in [-0.2, 0) is 11.2 Å². The number of aryl methyl sites for hydroxylation is 2. The Kier molecular flexibility index (Phi) is 9.87. The summed E-state index contributed by atoms with van der Waals surface area (Å²) in [4.78, 5) is 28.3. The number of likely N-dealkylation sites (tertiary alicyclic amines) is 1. The molecule has 9 heteroatoms. The Morgan fingerprint density at radius 2 is 1.89 bits per heavy atom. The minimum absolute atomic E-state index is 0.000293. The minimum atomic E-state index is -0.539. The van der Waals surface area contributed by atoms with Gasteiger partial charge in [0.2, 0.25) is 11.8 Å². The fourth-order valence-electron chi connectivity index (χ4n) is 5.61. The lowest BCUT2D eigenvalue weighted by molar-refractivity contribution is 0.0206. The van der Waals surface area contributed by atoms with Crippen LogP contribution in [0.4, 0.5) is 10.7 Å². The second kappa shape index (κ2) is 13.8. The second-order valence-electron chi connectivity index (χ2n) is 13.2. The number of hydrogen-bond acceptors (Lipinski definition) is 8. The number of fused-ring (bicyclic) bond motifs is 1. The molecule has 0 spiro atoms. The van der Waals surface area contributed by atoms with Gasteiger partial charge < -0.3 is 24.8 Å². The van der Waals surface area contributed by atoms with E-state index in [4.69, 9.17) is 14.5 Å². The molecular weight excluding hydrogens is 566 g/mol. The molecule has 1 fully saturated rings. The zero-order valence-corrected chi connectivity index (χ0v) is 27.2. The SMILES string of the molecule is Cc1ccc2c(CC[C@@H](O)C(C)C)cccc2c1Oc1ncccc1-c1ccnc(N[C@H]2CCCN(C(=O)OC(C)(C)C)C2)n1. The molecule has 238 valence electrons. The van der Waals surface area contributed by atoms with E-state index in [-0.39, 0.29) is 24.2 Å². The maximum atomic E-state index is 12.7. The van der Waals surface area contributed by atoms with Crippen molar-refractivity contribution in [1.82, 2.24) is 19.9 Å². The molecule has 2 N–H and O–H groups in total. The molecule has 1 aliphatic rings. The summed E-state index contributed by atoms with van der Waals surface area (Å²) in [5, 5.41) is 15.9. The van der Waals surface area contributed by atoms with Crippen molar-refractivity contribution in [3.05, 3.63) is 72.1 Å². The van der Waals surface area contributed by atoms with Crippen molar-refractivity contribution in [3.63, 3.8) is 0 Å². The molecular formula is C36H45N5O4. The Hall–Kier alpha value is -4.24. The summed E-state index contributed by atoms with van der Waals surface area (Å²) < 4.78 is 12.2. The minimum Gasteiger partial charge on any atom is -0.444 e. The molecule has 2 aromatic heterocycles. The van der Waals surface area contributed by atoms with Gasteiger partial charge in [-0.05, 0) is 94.0 Å². The molecule has 4 aromatic rings. The number of anilines is 1. The third-order valence-electron chi connectivity index (χ3n) is 8.09. The second-order valence-corrected chi connectivity index (χ2v) is 13.2. The standard InChI is InChI=1S/C36H45N5O4/c1-23(2)31(42)17-15-25-10-7-12-28-27(25)16-14-24(3)32(28)44-33-29(13-8-19-37-33)30-18-20-38-34(40-30)39-26-11-9-21-41(22-26)35(43)45-36(4,5)6/h7-8,10,12-14,16,18-20,23,26,31,42H,9,11,15,17,21-22H2,1-6H3,(H,38,39,40)/t26-,31+/m0/s1. The number of carbonyl (C=O) groups excluding carboxylic acids is 1. The van der Waals surface area contributed by atoms with Gasteiger partial charge in [0.25, 0.3) is 0 Å². The summed E-state index contributed by atoms with van der Waals surface area (Å²) in [7, 11) is 0. The largest absolute Gasteiger partial charge is 0.444 e. The van der Waals surface area contributed by atoms with Crippen molar-refractivity contribution in [2.75, 3.05) is 18.4 Å². The molecule has 45 heavy (non-hydrogen) atoms. The van der Waals surface area contributed by atoms with Gasteiger partial charge in [-0.2, -0.15) is 0 Å². The predicted octanol–water partition coefficient (Wildman–Crippen LogP) is 7.55. The van der Waals surface area contributed by atoms with Gasteiger partial charge in [0.05, 0.1) is 17.4 Å². The van der Waals surface area contributed by atoms with Crippen molar-refractivity contribution in [1.29, 1.82) is 0 Å². The van der Waals surface area contributed by atoms with Gasteiger partial charge in [-0.1, -0.05) is 44.2 Å². The van der Waals surface area contributed by atoms with E-state index in [0.29, 0.717) is 37.0 Å². The molecule has 0 radical (unpaired) electrons. The van der Waals surface area contributed by atoms with Crippen molar-refractivity contribution < 1.29 is 19.4 Å². The first-order valence-electron chi connectivity index (χ1n) is 15.9. The Morgan fingerprint density at radius 3 is 2.67 bits per heavy atom. The van der Waals surface area contributed by atoms with E-state index >= 15 is 0 Å². The number of ether oxygens (including phenoxy) is 2. The first kappa shape index (κ1) is 32.2. The highest BCUT2D eigenvalue weighted by Gasteiger charge is 2.28. The van der Waals surface area contributed by atoms with Crippen molar-refractivity contribution >= 4 is 22.8 Å². The molecule has 1 aliphatic heterocycles. The molecule has 1 saturated heterocycles. The average Bonchev–Trinajstić information content (AvgIpc) is 3.00. The molecule has 3 heterocycles. The van der Waals surface area contributed by atoms with Crippen LogP contribution >= 0.6 is 0 Å². The van der Waals surface area contributed by atoms with E-state index in [1.165, 1.54) is 5.56 Å². The lowest BCUT2D eigenvalue weighted by Crippen LogP contribution is -2.47. The normalized spacial score (nSPS) is 16.1. The number of aliphatic hydroxyl groups excluding tert-OH is 1. The molecule has 5 rings (SSSR count). The number of amides is 1. The van der Waals surface area contributed by atoms with Crippen molar-refractivity contribution in [2.24, 2.45) is 5.92 Å². The summed E-state index contributed by atoms with van der Waals surface area (Å²) in [5.41, 5.74) is 3.06. The van der Waals surface area contributed by atoms with Crippen LogP contribution in [-0.4, -0.2) is 61.9 Å². The number of nitrogens with one attached hydrogen (secondary N) is 1. The average molecular weight is 612 g/mol. The van der Waals surface area contributed by atoms with Gasteiger partial charge in [0.1, 0.15) is 11.4 Å². The van der Waals surface area contributed by atoms with Crippen molar-refractivity contribution in [2.45, 2.75) is 85.0 Å². The Bertz CT molecular complexity index is 1630. The highest BCUT2D eigenvalue weighted by atomic mass is 16.6. The molecule has 0 aliphatic carbocycles. The smallest absolute Gasteiger partial charge is 0.410 e. The van der Waals surface area contributed by atoms with Crippen LogP contribution in [0.1, 0.15) is 65.0 Å². The summed E-state index contributed by atoms with van der Waals surface area (Å²) in [6.07, 6.45) is 6.03. The van der Waals surface area contributed by atoms with E-state index in [0.717, 1.165) is 46.9 Å². The topological polar surface area (TPSA) is 110 Å². The van der Waals surface area contributed by atoms with E-state index in [2.05, 4.69) is 39.6 Å². The van der Waals surface area contributed by atoms with Crippen LogP contribution in [0.2, 0.25) is 0 Å². The van der Waals surface area contributed by atoms with Gasteiger partial charge in [0.15, 0.2) is 0 Å². The number of carbonyl (C=O) groups is 1. The maximum Gasteiger partial charge on any atom is 0.410 e. The summed E-state index contributed by atoms with van der Waals surface area (Å²) >= 11 is 0. The number of rotatable bonds is 9. The monoisotopic (exact) mass is 611 g/mol. The number of pyridine rings is 1. The number of hydrogen-bond donors (Lipinski definition) is 2. The van der Waals surface area contributed by atoms with Gasteiger partial charge >= 0.3 is 6.09 Å². The number of aliphatic hydroxyl groups is 1. The number of benzene rings is 2. The molecule has 2 aromatic carbocycles. The van der Waals surface area contributed by atoms with Crippen LogP contribution in [0, 0.1) is 12.8 Å². The zero-order valence-electron chi connectivity index (χ0n) is 27.2. The fourth-order valence-corrected chi connectivity index (χ4v) is 5.61. The third-order valence-corrected chi connectivity index (χ3v) is 8.09. The van der Waals surface area contributed by atoms with Gasteiger partial charge in [-0.25, -0.2) is 19.7 Å². The Morgan fingerprint density at radius 1 is 1.07 bits per heavy atom. The molecule has 2 atom stereocenters. The zero-order chi connectivity index (χ0) is 32.1. The van der Waals surface area contributed by atoms with Crippen LogP contribution in [0.5, 0.6) is 11.6 Å². The van der Waals surface area contributed by atoms with E-state index in [1.54, 1.807) is 17.3 Å². The van der Waals surface area contributed by atoms with Crippen molar-refractivity contribution in [3.8, 4) is 22.9 Å². The Labute approximate surface area is 266 Å². The molecule has 9 nitrogen and oxygen atoms in total. The maximum absolute atomic E-state index is 12.7. The summed E-state index contributed by atoms with van der Waals surface area (Å²) in [5.74, 6) is 1.89. The van der Waals surface area contributed by atoms with Gasteiger partial charge in [0, 0.05) is 36.9 Å². The predicted molar refractivity (Wildman–Crippen MR) is 178 cm³/mol. The van der Waals surface area contributed by atoms with Gasteiger partial charge in [-0.3, -0.25) is 0 Å². The fraction of sp³-hybridized carbons (Fsp3) is 0.444. The number of aromatic nitrogens is 3. The molecule has 0 saturated carbocycles. The highest BCUT2D eigenvalue weighted by molar-refractivity contribution is 5.92. The first-order chi connectivity index (χ1) is 21.5.